The first kappa shape index (κ1) is 16.5. The van der Waals surface area contributed by atoms with Crippen molar-refractivity contribution < 1.29 is 9.18 Å². The van der Waals surface area contributed by atoms with Gasteiger partial charge < -0.3 is 4.90 Å². The SMILES string of the molecule is CN(C[C@@H]1C[C@H](F)CN1Cc1cnn(C)c1)C(=O)c1cncnc1. The van der Waals surface area contributed by atoms with Crippen LogP contribution in [0.4, 0.5) is 4.39 Å². The summed E-state index contributed by atoms with van der Waals surface area (Å²) in [5.74, 6) is -0.153. The van der Waals surface area contributed by atoms with E-state index in [1.165, 1.54) is 18.7 Å². The molecule has 0 aromatic carbocycles. The summed E-state index contributed by atoms with van der Waals surface area (Å²) in [5, 5.41) is 4.15. The number of aryl methyl sites for hydroxylation is 1. The summed E-state index contributed by atoms with van der Waals surface area (Å²) in [4.78, 5) is 23.8. The van der Waals surface area contributed by atoms with Crippen molar-refractivity contribution in [2.45, 2.75) is 25.2 Å². The number of alkyl halides is 1. The lowest BCUT2D eigenvalue weighted by Gasteiger charge is -2.28. The minimum atomic E-state index is -0.866. The van der Waals surface area contributed by atoms with Crippen LogP contribution in [0.2, 0.25) is 0 Å². The van der Waals surface area contributed by atoms with Crippen LogP contribution >= 0.6 is 0 Å². The summed E-state index contributed by atoms with van der Waals surface area (Å²) in [6, 6.07) is -0.0150. The van der Waals surface area contributed by atoms with E-state index in [9.17, 15) is 9.18 Å². The molecule has 128 valence electrons. The number of likely N-dealkylation sites (tertiary alicyclic amines) is 1. The third-order valence-corrected chi connectivity index (χ3v) is 4.26. The highest BCUT2D eigenvalue weighted by Crippen LogP contribution is 2.23. The number of carbonyl (C=O) groups is 1. The third-order valence-electron chi connectivity index (χ3n) is 4.26. The summed E-state index contributed by atoms with van der Waals surface area (Å²) in [5.41, 5.74) is 1.48. The van der Waals surface area contributed by atoms with Gasteiger partial charge in [-0.3, -0.25) is 14.4 Å². The highest BCUT2D eigenvalue weighted by molar-refractivity contribution is 5.93. The maximum absolute atomic E-state index is 13.9. The molecule has 0 N–H and O–H groups in total. The largest absolute Gasteiger partial charge is 0.340 e. The Hall–Kier alpha value is -2.35. The molecule has 0 radical (unpaired) electrons. The highest BCUT2D eigenvalue weighted by atomic mass is 19.1. The molecule has 7 nitrogen and oxygen atoms in total. The number of nitrogens with zero attached hydrogens (tertiary/aromatic N) is 6. The number of rotatable bonds is 5. The molecule has 2 aromatic heterocycles. The van der Waals surface area contributed by atoms with Gasteiger partial charge >= 0.3 is 0 Å². The van der Waals surface area contributed by atoms with E-state index in [1.807, 2.05) is 13.2 Å². The van der Waals surface area contributed by atoms with Crippen molar-refractivity contribution in [3.63, 3.8) is 0 Å². The second kappa shape index (κ2) is 7.04. The van der Waals surface area contributed by atoms with E-state index in [0.29, 0.717) is 31.6 Å². The summed E-state index contributed by atoms with van der Waals surface area (Å²) < 4.78 is 15.7. The predicted octanol–water partition coefficient (Wildman–Crippen LogP) is 0.895. The Balaban J connectivity index is 1.64. The van der Waals surface area contributed by atoms with E-state index in [0.717, 1.165) is 5.56 Å². The topological polar surface area (TPSA) is 67.2 Å². The average molecular weight is 332 g/mol. The van der Waals surface area contributed by atoms with Gasteiger partial charge in [0, 0.05) is 63.9 Å². The monoisotopic (exact) mass is 332 g/mol. The molecule has 24 heavy (non-hydrogen) atoms. The molecule has 1 aliphatic rings. The van der Waals surface area contributed by atoms with E-state index in [2.05, 4.69) is 20.0 Å². The van der Waals surface area contributed by atoms with Crippen LogP contribution < -0.4 is 0 Å². The summed E-state index contributed by atoms with van der Waals surface area (Å²) in [6.45, 7) is 1.49. The smallest absolute Gasteiger partial charge is 0.256 e. The number of aromatic nitrogens is 4. The number of hydrogen-bond acceptors (Lipinski definition) is 5. The highest BCUT2D eigenvalue weighted by Gasteiger charge is 2.33. The van der Waals surface area contributed by atoms with Crippen LogP contribution in [0, 0.1) is 0 Å². The van der Waals surface area contributed by atoms with Crippen molar-refractivity contribution >= 4 is 5.91 Å². The molecule has 1 fully saturated rings. The van der Waals surface area contributed by atoms with Gasteiger partial charge in [-0.25, -0.2) is 14.4 Å². The fourth-order valence-electron chi connectivity index (χ4n) is 3.12. The minimum Gasteiger partial charge on any atom is -0.340 e. The summed E-state index contributed by atoms with van der Waals surface area (Å²) in [6.07, 6.45) is 7.66. The molecule has 1 saturated heterocycles. The zero-order valence-corrected chi connectivity index (χ0v) is 13.8. The lowest BCUT2D eigenvalue weighted by atomic mass is 10.1. The maximum atomic E-state index is 13.9. The molecule has 2 atom stereocenters. The van der Waals surface area contributed by atoms with Gasteiger partial charge in [0.05, 0.1) is 11.8 Å². The Morgan fingerprint density at radius 3 is 2.79 bits per heavy atom. The lowest BCUT2D eigenvalue weighted by Crippen LogP contribution is -2.41. The van der Waals surface area contributed by atoms with E-state index < -0.39 is 6.17 Å². The fourth-order valence-corrected chi connectivity index (χ4v) is 3.12. The van der Waals surface area contributed by atoms with E-state index in [4.69, 9.17) is 0 Å². The molecular weight excluding hydrogens is 311 g/mol. The number of amides is 1. The number of likely N-dealkylation sites (N-methyl/N-ethyl adjacent to an activating group) is 1. The van der Waals surface area contributed by atoms with Crippen LogP contribution in [0.25, 0.3) is 0 Å². The second-order valence-corrected chi connectivity index (χ2v) is 6.25. The Bertz CT molecular complexity index is 691. The molecule has 3 heterocycles. The first-order valence-electron chi connectivity index (χ1n) is 7.89. The zero-order valence-electron chi connectivity index (χ0n) is 13.8. The summed E-state index contributed by atoms with van der Waals surface area (Å²) in [7, 11) is 3.58. The molecule has 0 saturated carbocycles. The Labute approximate surface area is 140 Å². The van der Waals surface area contributed by atoms with Crippen LogP contribution in [-0.4, -0.2) is 67.8 Å². The van der Waals surface area contributed by atoms with Crippen LogP contribution in [-0.2, 0) is 13.6 Å². The van der Waals surface area contributed by atoms with Crippen molar-refractivity contribution in [3.05, 3.63) is 42.2 Å². The molecule has 0 bridgehead atoms. The van der Waals surface area contributed by atoms with Crippen molar-refractivity contribution in [2.24, 2.45) is 7.05 Å². The van der Waals surface area contributed by atoms with Crippen molar-refractivity contribution in [1.82, 2.24) is 29.5 Å². The molecular formula is C16H21FN6O. The van der Waals surface area contributed by atoms with Gasteiger partial charge in [-0.1, -0.05) is 0 Å². The summed E-state index contributed by atoms with van der Waals surface area (Å²) >= 11 is 0. The zero-order chi connectivity index (χ0) is 17.1. The van der Waals surface area contributed by atoms with E-state index >= 15 is 0 Å². The van der Waals surface area contributed by atoms with Gasteiger partial charge in [-0.2, -0.15) is 5.10 Å². The van der Waals surface area contributed by atoms with Gasteiger partial charge in [-0.05, 0) is 6.42 Å². The normalized spacial score (nSPS) is 21.1. The molecule has 0 spiro atoms. The molecule has 1 amide bonds. The van der Waals surface area contributed by atoms with Crippen LogP contribution in [0.5, 0.6) is 0 Å². The number of carbonyl (C=O) groups excluding carboxylic acids is 1. The fraction of sp³-hybridized carbons (Fsp3) is 0.500. The first-order valence-corrected chi connectivity index (χ1v) is 7.89. The Kier molecular flexibility index (Phi) is 4.84. The molecule has 3 rings (SSSR count). The standard InChI is InChI=1S/C16H21FN6O/c1-21(16(24)13-5-18-11-19-6-13)10-15-3-14(17)9-23(15)8-12-4-20-22(2)7-12/h4-7,11,14-15H,3,8-10H2,1-2H3/t14-,15-/m0/s1. The van der Waals surface area contributed by atoms with Crippen LogP contribution in [0.15, 0.2) is 31.1 Å². The van der Waals surface area contributed by atoms with Crippen LogP contribution in [0.1, 0.15) is 22.3 Å². The van der Waals surface area contributed by atoms with Gasteiger partial charge in [0.15, 0.2) is 0 Å². The Morgan fingerprint density at radius 1 is 1.38 bits per heavy atom. The molecule has 1 aliphatic heterocycles. The second-order valence-electron chi connectivity index (χ2n) is 6.25. The molecule has 8 heteroatoms. The van der Waals surface area contributed by atoms with Crippen molar-refractivity contribution in [3.8, 4) is 0 Å². The Morgan fingerprint density at radius 2 is 2.12 bits per heavy atom. The van der Waals surface area contributed by atoms with Crippen molar-refractivity contribution in [2.75, 3.05) is 20.1 Å². The first-order chi connectivity index (χ1) is 11.5. The quantitative estimate of drug-likeness (QED) is 0.814. The third kappa shape index (κ3) is 3.76. The van der Waals surface area contributed by atoms with Gasteiger partial charge in [0.2, 0.25) is 0 Å². The molecule has 0 unspecified atom stereocenters. The molecule has 0 aliphatic carbocycles. The van der Waals surface area contributed by atoms with Crippen LogP contribution in [0.3, 0.4) is 0 Å². The van der Waals surface area contributed by atoms with E-state index in [-0.39, 0.29) is 11.9 Å². The lowest BCUT2D eigenvalue weighted by molar-refractivity contribution is 0.0749. The van der Waals surface area contributed by atoms with Crippen molar-refractivity contribution in [1.29, 1.82) is 0 Å². The predicted molar refractivity (Wildman–Crippen MR) is 85.9 cm³/mol. The number of hydrogen-bond donors (Lipinski definition) is 0. The maximum Gasteiger partial charge on any atom is 0.256 e. The van der Waals surface area contributed by atoms with E-state index in [1.54, 1.807) is 22.8 Å². The molecule has 2 aromatic rings. The van der Waals surface area contributed by atoms with Gasteiger partial charge in [-0.15, -0.1) is 0 Å². The average Bonchev–Trinajstić information content (AvgIpc) is 3.13. The van der Waals surface area contributed by atoms with Gasteiger partial charge in [0.25, 0.3) is 5.91 Å². The number of halogens is 1. The minimum absolute atomic E-state index is 0.0150. The van der Waals surface area contributed by atoms with Gasteiger partial charge in [0.1, 0.15) is 12.5 Å².